The van der Waals surface area contributed by atoms with Crippen molar-refractivity contribution in [2.45, 2.75) is 57.8 Å². The van der Waals surface area contributed by atoms with Crippen LogP contribution in [0.3, 0.4) is 0 Å². The highest BCUT2D eigenvalue weighted by atomic mass is 127. The fourth-order valence-electron chi connectivity index (χ4n) is 3.59. The van der Waals surface area contributed by atoms with Crippen molar-refractivity contribution in [3.05, 3.63) is 28.4 Å². The fraction of sp³-hybridized carbons (Fsp3) is 0.500. The van der Waals surface area contributed by atoms with Crippen LogP contribution in [0.4, 0.5) is 4.79 Å². The van der Waals surface area contributed by atoms with Crippen molar-refractivity contribution in [3.63, 3.8) is 0 Å². The van der Waals surface area contributed by atoms with E-state index in [4.69, 9.17) is 14.5 Å². The van der Waals surface area contributed by atoms with Crippen LogP contribution in [0.1, 0.15) is 40.5 Å². The van der Waals surface area contributed by atoms with Crippen LogP contribution in [0.2, 0.25) is 0 Å². The minimum absolute atomic E-state index is 0.00589. The zero-order valence-corrected chi connectivity index (χ0v) is 19.8. The van der Waals surface area contributed by atoms with Gasteiger partial charge in [-0.05, 0) is 50.3 Å². The summed E-state index contributed by atoms with van der Waals surface area (Å²) in [6, 6.07) is 0.00589. The molecule has 4 rings (SSSR count). The number of nitrogens with one attached hydrogen (secondary N) is 1. The first-order valence-electron chi connectivity index (χ1n) is 9.73. The smallest absolute Gasteiger partial charge is 0.407 e. The minimum Gasteiger partial charge on any atom is -0.470 e. The van der Waals surface area contributed by atoms with Gasteiger partial charge in [-0.3, -0.25) is 4.68 Å². The van der Waals surface area contributed by atoms with E-state index in [0.29, 0.717) is 18.7 Å². The molecule has 0 saturated heterocycles. The Morgan fingerprint density at radius 1 is 1.27 bits per heavy atom. The molecule has 0 bridgehead atoms. The lowest BCUT2D eigenvalue weighted by atomic mass is 9.77. The first-order chi connectivity index (χ1) is 14.0. The number of hydrogen-bond acceptors (Lipinski definition) is 6. The number of carbonyl (C=O) groups is 1. The van der Waals surface area contributed by atoms with E-state index in [-0.39, 0.29) is 6.04 Å². The van der Waals surface area contributed by atoms with Crippen LogP contribution in [0.15, 0.2) is 24.8 Å². The summed E-state index contributed by atoms with van der Waals surface area (Å²) < 4.78 is 16.2. The number of halogens is 1. The quantitative estimate of drug-likeness (QED) is 0.525. The van der Waals surface area contributed by atoms with Gasteiger partial charge < -0.3 is 14.8 Å². The molecule has 3 aromatic heterocycles. The highest BCUT2D eigenvalue weighted by Gasteiger charge is 2.44. The molecule has 3 heterocycles. The number of fused-ring (bicyclic) bond motifs is 1. The molecule has 1 saturated carbocycles. The highest BCUT2D eigenvalue weighted by Crippen LogP contribution is 2.38. The van der Waals surface area contributed by atoms with E-state index < -0.39 is 17.3 Å². The number of hydrogen-bond donors (Lipinski definition) is 1. The molecule has 1 aliphatic rings. The molecule has 0 atom stereocenters. The maximum Gasteiger partial charge on any atom is 0.407 e. The van der Waals surface area contributed by atoms with Crippen LogP contribution in [-0.4, -0.2) is 47.7 Å². The van der Waals surface area contributed by atoms with Gasteiger partial charge in [-0.15, -0.1) is 0 Å². The third kappa shape index (κ3) is 4.37. The van der Waals surface area contributed by atoms with Gasteiger partial charge in [0.05, 0.1) is 27.9 Å². The predicted octanol–water partition coefficient (Wildman–Crippen LogP) is 3.56. The van der Waals surface area contributed by atoms with Crippen LogP contribution in [0.5, 0.6) is 5.88 Å². The molecule has 3 aromatic rings. The molecule has 160 valence electrons. The summed E-state index contributed by atoms with van der Waals surface area (Å²) in [4.78, 5) is 16.8. The van der Waals surface area contributed by atoms with Crippen molar-refractivity contribution in [2.75, 3.05) is 0 Å². The Hall–Kier alpha value is -2.37. The number of nitrogens with zero attached hydrogens (tertiary/aromatic N) is 5. The molecule has 0 radical (unpaired) electrons. The second kappa shape index (κ2) is 7.40. The number of aromatic nitrogens is 5. The Kier molecular flexibility index (Phi) is 5.15. The van der Waals surface area contributed by atoms with Crippen LogP contribution in [-0.2, 0) is 11.8 Å². The van der Waals surface area contributed by atoms with E-state index in [0.717, 1.165) is 20.3 Å². The van der Waals surface area contributed by atoms with Gasteiger partial charge in [0.25, 0.3) is 0 Å². The second-order valence-electron chi connectivity index (χ2n) is 8.92. The molecule has 10 heteroatoms. The summed E-state index contributed by atoms with van der Waals surface area (Å²) in [5, 5.41) is 11.6. The third-order valence-corrected chi connectivity index (χ3v) is 5.63. The molecule has 1 aliphatic carbocycles. The maximum absolute atomic E-state index is 12.0. The molecule has 1 amide bonds. The predicted molar refractivity (Wildman–Crippen MR) is 119 cm³/mol. The zero-order chi connectivity index (χ0) is 21.7. The summed E-state index contributed by atoms with van der Waals surface area (Å²) in [7, 11) is 1.86. The second-order valence-corrected chi connectivity index (χ2v) is 10.1. The fourth-order valence-corrected chi connectivity index (χ4v) is 4.19. The summed E-state index contributed by atoms with van der Waals surface area (Å²) in [6.07, 6.45) is 8.25. The van der Waals surface area contributed by atoms with Crippen molar-refractivity contribution in [2.24, 2.45) is 7.05 Å². The van der Waals surface area contributed by atoms with Crippen molar-refractivity contribution < 1.29 is 14.3 Å². The molecular weight excluding hydrogens is 499 g/mol. The molecule has 30 heavy (non-hydrogen) atoms. The van der Waals surface area contributed by atoms with Gasteiger partial charge in [0.2, 0.25) is 5.88 Å². The lowest BCUT2D eigenvalue weighted by molar-refractivity contribution is -0.0217. The number of aryl methyl sites for hydroxylation is 1. The number of carbonyl (C=O) groups excluding carboxylic acids is 1. The van der Waals surface area contributed by atoms with Crippen LogP contribution < -0.4 is 10.1 Å². The Morgan fingerprint density at radius 3 is 2.63 bits per heavy atom. The lowest BCUT2D eigenvalue weighted by Gasteiger charge is -2.44. The largest absolute Gasteiger partial charge is 0.470 e. The number of ether oxygens (including phenoxy) is 2. The van der Waals surface area contributed by atoms with E-state index in [1.165, 1.54) is 0 Å². The van der Waals surface area contributed by atoms with Crippen LogP contribution >= 0.6 is 22.6 Å². The van der Waals surface area contributed by atoms with Gasteiger partial charge in [0.15, 0.2) is 0 Å². The highest BCUT2D eigenvalue weighted by molar-refractivity contribution is 14.1. The monoisotopic (exact) mass is 524 g/mol. The van der Waals surface area contributed by atoms with E-state index in [2.05, 4.69) is 38.1 Å². The van der Waals surface area contributed by atoms with Crippen LogP contribution in [0.25, 0.3) is 16.8 Å². The molecule has 0 aliphatic heterocycles. The number of alkyl carbamates (subject to hydrolysis) is 1. The number of rotatable bonds is 4. The topological polar surface area (TPSA) is 95.6 Å². The molecular formula is C20H25IN6O3. The van der Waals surface area contributed by atoms with E-state index in [1.54, 1.807) is 21.6 Å². The van der Waals surface area contributed by atoms with Gasteiger partial charge in [-0.2, -0.15) is 10.2 Å². The molecule has 1 fully saturated rings. The Balaban J connectivity index is 1.52. The Bertz CT molecular complexity index is 1090. The molecule has 9 nitrogen and oxygen atoms in total. The number of amides is 1. The molecule has 1 N–H and O–H groups in total. The van der Waals surface area contributed by atoms with Crippen molar-refractivity contribution >= 4 is 34.2 Å². The van der Waals surface area contributed by atoms with Gasteiger partial charge >= 0.3 is 6.09 Å². The average molecular weight is 524 g/mol. The SMILES string of the molecule is Cn1cc(-c2cn3ncc(I)c3c(OC3(C)CC(NC(=O)OC(C)(C)C)C3)n2)cn1. The minimum atomic E-state index is -0.519. The van der Waals surface area contributed by atoms with Crippen molar-refractivity contribution in [1.29, 1.82) is 0 Å². The molecule has 0 aromatic carbocycles. The van der Waals surface area contributed by atoms with Gasteiger partial charge in [0.1, 0.15) is 16.7 Å². The molecule has 0 unspecified atom stereocenters. The van der Waals surface area contributed by atoms with Crippen molar-refractivity contribution in [3.8, 4) is 17.1 Å². The summed E-state index contributed by atoms with van der Waals surface area (Å²) in [5.74, 6) is 0.525. The zero-order valence-electron chi connectivity index (χ0n) is 17.6. The third-order valence-electron chi connectivity index (χ3n) is 4.84. The summed E-state index contributed by atoms with van der Waals surface area (Å²) >= 11 is 2.23. The van der Waals surface area contributed by atoms with E-state index in [9.17, 15) is 4.79 Å². The lowest BCUT2D eigenvalue weighted by Crippen LogP contribution is -2.57. The standard InChI is InChI=1S/C20H25IN6O3/c1-19(2,3)30-18(28)24-13-6-20(4,7-13)29-17-16-14(21)9-23-27(16)11-15(25-17)12-8-22-26(5)10-12/h8-11,13H,6-7H2,1-5H3,(H,24,28). The average Bonchev–Trinajstić information content (AvgIpc) is 3.18. The summed E-state index contributed by atoms with van der Waals surface area (Å²) in [5.41, 5.74) is 1.49. The Morgan fingerprint density at radius 2 is 2.00 bits per heavy atom. The first kappa shape index (κ1) is 20.9. The van der Waals surface area contributed by atoms with Gasteiger partial charge in [-0.25, -0.2) is 14.3 Å². The van der Waals surface area contributed by atoms with E-state index in [1.807, 2.05) is 47.1 Å². The van der Waals surface area contributed by atoms with Gasteiger partial charge in [-0.1, -0.05) is 0 Å². The Labute approximate surface area is 188 Å². The van der Waals surface area contributed by atoms with Gasteiger partial charge in [0, 0.05) is 37.7 Å². The van der Waals surface area contributed by atoms with E-state index >= 15 is 0 Å². The normalized spacial score (nSPS) is 21.3. The molecule has 0 spiro atoms. The first-order valence-corrected chi connectivity index (χ1v) is 10.8. The van der Waals surface area contributed by atoms with Crippen LogP contribution in [0, 0.1) is 3.57 Å². The maximum atomic E-state index is 12.0. The van der Waals surface area contributed by atoms with Crippen molar-refractivity contribution in [1.82, 2.24) is 29.7 Å². The summed E-state index contributed by atoms with van der Waals surface area (Å²) in [6.45, 7) is 7.57.